The van der Waals surface area contributed by atoms with Crippen LogP contribution >= 0.6 is 0 Å². The normalized spacial score (nSPS) is 10.8. The van der Waals surface area contributed by atoms with Crippen molar-refractivity contribution >= 4 is 17.6 Å². The van der Waals surface area contributed by atoms with Crippen LogP contribution in [0.25, 0.3) is 6.08 Å². The fraction of sp³-hybridized carbons (Fsp3) is 0.133. The Balaban J connectivity index is 2.31. The second kappa shape index (κ2) is 5.91. The van der Waals surface area contributed by atoms with Crippen LogP contribution in [0.2, 0.25) is 0 Å². The topological polar surface area (TPSA) is 74.2 Å². The van der Waals surface area contributed by atoms with Crippen LogP contribution in [0.1, 0.15) is 18.9 Å². The molecule has 0 aliphatic rings. The maximum Gasteiger partial charge on any atom is 0.139 e. The summed E-state index contributed by atoms with van der Waals surface area (Å²) in [5.74, 6) is 1.85. The fourth-order valence-electron chi connectivity index (χ4n) is 1.63. The van der Waals surface area contributed by atoms with Crippen molar-refractivity contribution in [1.29, 1.82) is 0 Å². The Morgan fingerprint density at radius 3 is 2.58 bits per heavy atom. The molecule has 4 nitrogen and oxygen atoms in total. The molecule has 0 fully saturated rings. The Morgan fingerprint density at radius 2 is 1.89 bits per heavy atom. The van der Waals surface area contributed by atoms with E-state index < -0.39 is 0 Å². The molecular formula is C15H17N3O. The largest absolute Gasteiger partial charge is 0.457 e. The minimum atomic E-state index is 0.456. The van der Waals surface area contributed by atoms with Crippen molar-refractivity contribution in [3.63, 3.8) is 0 Å². The van der Waals surface area contributed by atoms with E-state index in [0.29, 0.717) is 23.0 Å². The lowest BCUT2D eigenvalue weighted by atomic mass is 10.2. The van der Waals surface area contributed by atoms with E-state index in [-0.39, 0.29) is 0 Å². The van der Waals surface area contributed by atoms with Crippen molar-refractivity contribution in [3.8, 4) is 11.5 Å². The van der Waals surface area contributed by atoms with E-state index in [4.69, 9.17) is 16.2 Å². The van der Waals surface area contributed by atoms with Crippen molar-refractivity contribution in [2.75, 3.05) is 11.5 Å². The van der Waals surface area contributed by atoms with E-state index in [1.165, 1.54) is 0 Å². The van der Waals surface area contributed by atoms with E-state index in [1.54, 1.807) is 24.4 Å². The predicted molar refractivity (Wildman–Crippen MR) is 78.9 cm³/mol. The second-order valence-electron chi connectivity index (χ2n) is 4.09. The molecule has 4 heteroatoms. The van der Waals surface area contributed by atoms with Gasteiger partial charge in [0.15, 0.2) is 0 Å². The monoisotopic (exact) mass is 255 g/mol. The number of anilines is 2. The highest BCUT2D eigenvalue weighted by molar-refractivity contribution is 5.67. The summed E-state index contributed by atoms with van der Waals surface area (Å²) in [5.41, 5.74) is 13.0. The quantitative estimate of drug-likeness (QED) is 0.820. The first-order valence-corrected chi connectivity index (χ1v) is 6.15. The summed E-state index contributed by atoms with van der Waals surface area (Å²) in [5, 5.41) is 0. The Kier molecular flexibility index (Phi) is 4.03. The zero-order chi connectivity index (χ0) is 13.7. The van der Waals surface area contributed by atoms with Gasteiger partial charge in [-0.05, 0) is 36.8 Å². The van der Waals surface area contributed by atoms with Gasteiger partial charge in [-0.3, -0.25) is 0 Å². The number of hydrogen-bond acceptors (Lipinski definition) is 4. The van der Waals surface area contributed by atoms with Gasteiger partial charge >= 0.3 is 0 Å². The van der Waals surface area contributed by atoms with Crippen LogP contribution in [-0.4, -0.2) is 4.98 Å². The highest BCUT2D eigenvalue weighted by Crippen LogP contribution is 2.29. The molecule has 0 amide bonds. The van der Waals surface area contributed by atoms with E-state index in [1.807, 2.05) is 24.3 Å². The molecule has 19 heavy (non-hydrogen) atoms. The summed E-state index contributed by atoms with van der Waals surface area (Å²) in [6, 6.07) is 9.02. The molecule has 0 aliphatic heterocycles. The first-order valence-electron chi connectivity index (χ1n) is 6.15. The second-order valence-corrected chi connectivity index (χ2v) is 4.09. The molecule has 2 aromatic rings. The molecule has 0 radical (unpaired) electrons. The molecule has 1 aromatic carbocycles. The molecule has 1 aromatic heterocycles. The maximum absolute atomic E-state index is 5.88. The van der Waals surface area contributed by atoms with E-state index in [0.717, 1.165) is 12.0 Å². The van der Waals surface area contributed by atoms with Gasteiger partial charge in [-0.25, -0.2) is 4.98 Å². The number of allylic oxidation sites excluding steroid dienone is 1. The molecule has 0 saturated heterocycles. The van der Waals surface area contributed by atoms with Crippen LogP contribution in [0.5, 0.6) is 11.5 Å². The first kappa shape index (κ1) is 13.0. The lowest BCUT2D eigenvalue weighted by molar-refractivity contribution is 0.481. The van der Waals surface area contributed by atoms with Crippen molar-refractivity contribution < 1.29 is 4.74 Å². The number of benzene rings is 1. The molecular weight excluding hydrogens is 238 g/mol. The zero-order valence-electron chi connectivity index (χ0n) is 10.8. The summed E-state index contributed by atoms with van der Waals surface area (Å²) in [7, 11) is 0. The van der Waals surface area contributed by atoms with E-state index >= 15 is 0 Å². The highest BCUT2D eigenvalue weighted by Gasteiger charge is 2.06. The van der Waals surface area contributed by atoms with Gasteiger partial charge in [0.25, 0.3) is 0 Å². The summed E-state index contributed by atoms with van der Waals surface area (Å²) in [4.78, 5) is 4.07. The van der Waals surface area contributed by atoms with Gasteiger partial charge in [0, 0.05) is 11.9 Å². The first-order chi connectivity index (χ1) is 9.20. The van der Waals surface area contributed by atoms with Crippen LogP contribution in [0.4, 0.5) is 11.5 Å². The van der Waals surface area contributed by atoms with Gasteiger partial charge in [0.1, 0.15) is 17.3 Å². The van der Waals surface area contributed by atoms with Gasteiger partial charge in [-0.2, -0.15) is 0 Å². The molecule has 0 saturated carbocycles. The SMILES string of the molecule is CCC=Cc1c(Oc2ccc(N)cc2)ccnc1N. The Hall–Kier alpha value is -2.49. The molecule has 2 rings (SSSR count). The minimum Gasteiger partial charge on any atom is -0.457 e. The van der Waals surface area contributed by atoms with Crippen molar-refractivity contribution in [2.45, 2.75) is 13.3 Å². The summed E-state index contributed by atoms with van der Waals surface area (Å²) < 4.78 is 5.82. The van der Waals surface area contributed by atoms with Crippen molar-refractivity contribution in [1.82, 2.24) is 4.98 Å². The van der Waals surface area contributed by atoms with Crippen LogP contribution in [0.3, 0.4) is 0 Å². The van der Waals surface area contributed by atoms with Gasteiger partial charge in [0.2, 0.25) is 0 Å². The molecule has 1 heterocycles. The standard InChI is InChI=1S/C15H17N3O/c1-2-3-4-13-14(9-10-18-15(13)17)19-12-7-5-11(16)6-8-12/h3-10H,2,16H2,1H3,(H2,17,18). The Labute approximate surface area is 112 Å². The van der Waals surface area contributed by atoms with Gasteiger partial charge in [0.05, 0.1) is 5.56 Å². The van der Waals surface area contributed by atoms with Crippen LogP contribution in [0, 0.1) is 0 Å². The number of ether oxygens (including phenoxy) is 1. The van der Waals surface area contributed by atoms with Crippen molar-refractivity contribution in [2.24, 2.45) is 0 Å². The number of nitrogens with zero attached hydrogens (tertiary/aromatic N) is 1. The molecule has 0 spiro atoms. The van der Waals surface area contributed by atoms with Crippen molar-refractivity contribution in [3.05, 3.63) is 48.2 Å². The molecule has 0 atom stereocenters. The molecule has 0 bridgehead atoms. The smallest absolute Gasteiger partial charge is 0.139 e. The summed E-state index contributed by atoms with van der Waals surface area (Å²) >= 11 is 0. The number of nitrogens with two attached hydrogens (primary N) is 2. The molecule has 0 unspecified atom stereocenters. The van der Waals surface area contributed by atoms with Crippen LogP contribution in [0.15, 0.2) is 42.6 Å². The molecule has 98 valence electrons. The van der Waals surface area contributed by atoms with Crippen LogP contribution in [-0.2, 0) is 0 Å². The molecule has 4 N–H and O–H groups in total. The third kappa shape index (κ3) is 3.25. The number of pyridine rings is 1. The Bertz CT molecular complexity index is 576. The van der Waals surface area contributed by atoms with E-state index in [2.05, 4.69) is 11.9 Å². The number of hydrogen-bond donors (Lipinski definition) is 2. The number of rotatable bonds is 4. The zero-order valence-corrected chi connectivity index (χ0v) is 10.8. The lowest BCUT2D eigenvalue weighted by Crippen LogP contribution is -1.96. The van der Waals surface area contributed by atoms with Gasteiger partial charge in [-0.15, -0.1) is 0 Å². The number of nitrogen functional groups attached to an aromatic ring is 2. The third-order valence-corrected chi connectivity index (χ3v) is 2.61. The summed E-state index contributed by atoms with van der Waals surface area (Å²) in [6.07, 6.45) is 6.50. The third-order valence-electron chi connectivity index (χ3n) is 2.61. The van der Waals surface area contributed by atoms with E-state index in [9.17, 15) is 0 Å². The maximum atomic E-state index is 5.88. The predicted octanol–water partition coefficient (Wildman–Crippen LogP) is 3.46. The van der Waals surface area contributed by atoms with Crippen LogP contribution < -0.4 is 16.2 Å². The highest BCUT2D eigenvalue weighted by atomic mass is 16.5. The average molecular weight is 255 g/mol. The van der Waals surface area contributed by atoms with Gasteiger partial charge < -0.3 is 16.2 Å². The lowest BCUT2D eigenvalue weighted by Gasteiger charge is -2.10. The Morgan fingerprint density at radius 1 is 1.16 bits per heavy atom. The molecule has 0 aliphatic carbocycles. The summed E-state index contributed by atoms with van der Waals surface area (Å²) in [6.45, 7) is 2.06. The van der Waals surface area contributed by atoms with Gasteiger partial charge in [-0.1, -0.05) is 19.1 Å². The minimum absolute atomic E-state index is 0.456. The number of aromatic nitrogens is 1. The average Bonchev–Trinajstić information content (AvgIpc) is 2.41. The fourth-order valence-corrected chi connectivity index (χ4v) is 1.63.